The maximum atomic E-state index is 13.6. The van der Waals surface area contributed by atoms with Gasteiger partial charge in [-0.25, -0.2) is 9.18 Å². The Labute approximate surface area is 143 Å². The Kier molecular flexibility index (Phi) is 5.99. The van der Waals surface area contributed by atoms with Crippen LogP contribution in [0.1, 0.15) is 30.3 Å². The molecule has 0 saturated carbocycles. The van der Waals surface area contributed by atoms with Crippen molar-refractivity contribution in [2.75, 3.05) is 7.11 Å². The highest BCUT2D eigenvalue weighted by molar-refractivity contribution is 6.36. The molecule has 0 N–H and O–H groups in total. The lowest BCUT2D eigenvalue weighted by atomic mass is 10.1. The number of methoxy groups -OCH3 is 1. The summed E-state index contributed by atoms with van der Waals surface area (Å²) in [5, 5.41) is 0.0665. The third kappa shape index (κ3) is 4.02. The fourth-order valence-electron chi connectivity index (χ4n) is 2.21. The third-order valence-electron chi connectivity index (χ3n) is 3.33. The molecule has 0 aromatic heterocycles. The summed E-state index contributed by atoms with van der Waals surface area (Å²) in [6.45, 7) is 1.57. The molecule has 2 rings (SSSR count). The smallest absolute Gasteiger partial charge is 0.340 e. The van der Waals surface area contributed by atoms with Crippen molar-refractivity contribution >= 4 is 29.2 Å². The number of hydrogen-bond acceptors (Lipinski definition) is 3. The molecule has 2 atom stereocenters. The summed E-state index contributed by atoms with van der Waals surface area (Å²) in [6.07, 6.45) is -1.70. The average Bonchev–Trinajstić information content (AvgIpc) is 2.53. The van der Waals surface area contributed by atoms with Crippen LogP contribution in [0.25, 0.3) is 0 Å². The molecule has 0 bridgehead atoms. The standard InChI is InChI=1S/C17H15Cl2FO3/c1-10(14-12(18)8-9-13(20)15(14)19)23-17(21)16(22-2)11-6-4-3-5-7-11/h3-10,16H,1-2H3/t10-,16?/m0/s1. The summed E-state index contributed by atoms with van der Waals surface area (Å²) in [5.74, 6) is -1.23. The molecule has 0 fully saturated rings. The van der Waals surface area contributed by atoms with E-state index < -0.39 is 24.0 Å². The van der Waals surface area contributed by atoms with Crippen LogP contribution in [-0.2, 0) is 14.3 Å². The van der Waals surface area contributed by atoms with Crippen molar-refractivity contribution < 1.29 is 18.7 Å². The van der Waals surface area contributed by atoms with Crippen LogP contribution >= 0.6 is 23.2 Å². The van der Waals surface area contributed by atoms with Gasteiger partial charge in [0.1, 0.15) is 11.9 Å². The normalized spacial score (nSPS) is 13.4. The second-order valence-corrected chi connectivity index (χ2v) is 5.65. The SMILES string of the molecule is COC(C(=O)O[C@@H](C)c1c(Cl)ccc(F)c1Cl)c1ccccc1. The molecular formula is C17H15Cl2FO3. The van der Waals surface area contributed by atoms with Gasteiger partial charge < -0.3 is 9.47 Å². The molecule has 23 heavy (non-hydrogen) atoms. The Morgan fingerprint density at radius 1 is 1.13 bits per heavy atom. The molecule has 6 heteroatoms. The molecular weight excluding hydrogens is 342 g/mol. The lowest BCUT2D eigenvalue weighted by molar-refractivity contribution is -0.161. The Balaban J connectivity index is 2.21. The zero-order chi connectivity index (χ0) is 17.0. The number of benzene rings is 2. The minimum Gasteiger partial charge on any atom is -0.455 e. The van der Waals surface area contributed by atoms with Gasteiger partial charge in [0.15, 0.2) is 6.10 Å². The van der Waals surface area contributed by atoms with Gasteiger partial charge in [0, 0.05) is 17.7 Å². The molecule has 0 aliphatic heterocycles. The van der Waals surface area contributed by atoms with Gasteiger partial charge in [-0.2, -0.15) is 0 Å². The largest absolute Gasteiger partial charge is 0.455 e. The van der Waals surface area contributed by atoms with Crippen LogP contribution in [-0.4, -0.2) is 13.1 Å². The Morgan fingerprint density at radius 3 is 2.39 bits per heavy atom. The van der Waals surface area contributed by atoms with E-state index in [9.17, 15) is 9.18 Å². The molecule has 0 aliphatic carbocycles. The maximum absolute atomic E-state index is 13.6. The highest BCUT2D eigenvalue weighted by Crippen LogP contribution is 2.35. The zero-order valence-corrected chi connectivity index (χ0v) is 14.1. The predicted molar refractivity (Wildman–Crippen MR) is 87.1 cm³/mol. The van der Waals surface area contributed by atoms with Crippen molar-refractivity contribution in [3.63, 3.8) is 0 Å². The highest BCUT2D eigenvalue weighted by Gasteiger charge is 2.26. The summed E-state index contributed by atoms with van der Waals surface area (Å²) in [7, 11) is 1.41. The van der Waals surface area contributed by atoms with E-state index in [2.05, 4.69) is 0 Å². The topological polar surface area (TPSA) is 35.5 Å². The summed E-state index contributed by atoms with van der Waals surface area (Å²) < 4.78 is 24.2. The number of ether oxygens (including phenoxy) is 2. The van der Waals surface area contributed by atoms with Gasteiger partial charge in [-0.15, -0.1) is 0 Å². The monoisotopic (exact) mass is 356 g/mol. The van der Waals surface area contributed by atoms with E-state index in [1.54, 1.807) is 31.2 Å². The first-order chi connectivity index (χ1) is 11.0. The van der Waals surface area contributed by atoms with Crippen molar-refractivity contribution in [3.8, 4) is 0 Å². The van der Waals surface area contributed by atoms with Gasteiger partial charge in [-0.1, -0.05) is 53.5 Å². The molecule has 0 amide bonds. The third-order valence-corrected chi connectivity index (χ3v) is 4.04. The molecule has 0 spiro atoms. The van der Waals surface area contributed by atoms with E-state index in [1.807, 2.05) is 6.07 Å². The number of esters is 1. The van der Waals surface area contributed by atoms with Crippen molar-refractivity contribution in [2.45, 2.75) is 19.1 Å². The quantitative estimate of drug-likeness (QED) is 0.550. The van der Waals surface area contributed by atoms with Gasteiger partial charge >= 0.3 is 5.97 Å². The number of rotatable bonds is 5. The van der Waals surface area contributed by atoms with E-state index in [-0.39, 0.29) is 15.6 Å². The van der Waals surface area contributed by atoms with Gasteiger partial charge in [-0.05, 0) is 24.6 Å². The summed E-state index contributed by atoms with van der Waals surface area (Å²) in [4.78, 5) is 12.3. The molecule has 122 valence electrons. The summed E-state index contributed by atoms with van der Waals surface area (Å²) in [5.41, 5.74) is 0.883. The van der Waals surface area contributed by atoms with Crippen LogP contribution in [0.2, 0.25) is 10.0 Å². The second-order valence-electron chi connectivity index (χ2n) is 4.86. The second kappa shape index (κ2) is 7.77. The fourth-order valence-corrected chi connectivity index (χ4v) is 2.88. The van der Waals surface area contributed by atoms with E-state index in [0.29, 0.717) is 5.56 Å². The lowest BCUT2D eigenvalue weighted by Gasteiger charge is -2.20. The number of halogens is 3. The average molecular weight is 357 g/mol. The molecule has 3 nitrogen and oxygen atoms in total. The van der Waals surface area contributed by atoms with Crippen molar-refractivity contribution in [1.29, 1.82) is 0 Å². The summed E-state index contributed by atoms with van der Waals surface area (Å²) >= 11 is 12.0. The van der Waals surface area contributed by atoms with Crippen LogP contribution in [0, 0.1) is 5.82 Å². The van der Waals surface area contributed by atoms with Crippen molar-refractivity contribution in [3.05, 3.63) is 69.5 Å². The molecule has 1 unspecified atom stereocenters. The molecule has 2 aromatic carbocycles. The molecule has 0 heterocycles. The lowest BCUT2D eigenvalue weighted by Crippen LogP contribution is -2.19. The zero-order valence-electron chi connectivity index (χ0n) is 12.6. The maximum Gasteiger partial charge on any atom is 0.340 e. The minimum absolute atomic E-state index is 0.161. The Bertz CT molecular complexity index is 692. The van der Waals surface area contributed by atoms with Crippen LogP contribution in [0.4, 0.5) is 4.39 Å². The number of carbonyl (C=O) groups excluding carboxylic acids is 1. The molecule has 0 saturated heterocycles. The van der Waals surface area contributed by atoms with Crippen LogP contribution in [0.5, 0.6) is 0 Å². The Hall–Kier alpha value is -1.62. The van der Waals surface area contributed by atoms with Gasteiger partial charge in [0.05, 0.1) is 5.02 Å². The fraction of sp³-hybridized carbons (Fsp3) is 0.235. The highest BCUT2D eigenvalue weighted by atomic mass is 35.5. The Morgan fingerprint density at radius 2 is 1.78 bits per heavy atom. The minimum atomic E-state index is -0.884. The molecule has 0 aliphatic rings. The first-order valence-corrected chi connectivity index (χ1v) is 7.63. The first-order valence-electron chi connectivity index (χ1n) is 6.87. The van der Waals surface area contributed by atoms with Crippen LogP contribution in [0.15, 0.2) is 42.5 Å². The molecule has 0 radical (unpaired) electrons. The van der Waals surface area contributed by atoms with E-state index in [4.69, 9.17) is 32.7 Å². The van der Waals surface area contributed by atoms with Gasteiger partial charge in [-0.3, -0.25) is 0 Å². The van der Waals surface area contributed by atoms with E-state index >= 15 is 0 Å². The number of hydrogen-bond donors (Lipinski definition) is 0. The van der Waals surface area contributed by atoms with Crippen LogP contribution < -0.4 is 0 Å². The van der Waals surface area contributed by atoms with Crippen LogP contribution in [0.3, 0.4) is 0 Å². The van der Waals surface area contributed by atoms with E-state index in [0.717, 1.165) is 6.07 Å². The van der Waals surface area contributed by atoms with Crippen molar-refractivity contribution in [1.82, 2.24) is 0 Å². The molecule has 2 aromatic rings. The van der Waals surface area contributed by atoms with E-state index in [1.165, 1.54) is 13.2 Å². The van der Waals surface area contributed by atoms with Gasteiger partial charge in [0.2, 0.25) is 0 Å². The van der Waals surface area contributed by atoms with Gasteiger partial charge in [0.25, 0.3) is 0 Å². The first kappa shape index (κ1) is 17.7. The predicted octanol–water partition coefficient (Wildman–Crippen LogP) is 5.12. The summed E-state index contributed by atoms with van der Waals surface area (Å²) in [6, 6.07) is 11.4. The van der Waals surface area contributed by atoms with Crippen molar-refractivity contribution in [2.24, 2.45) is 0 Å². The number of carbonyl (C=O) groups is 1.